The van der Waals surface area contributed by atoms with Gasteiger partial charge < -0.3 is 9.13 Å². The highest BCUT2D eigenvalue weighted by atomic mass is 15.0. The second-order valence-corrected chi connectivity index (χ2v) is 22.6. The zero-order valence-corrected chi connectivity index (χ0v) is 46.9. The van der Waals surface area contributed by atoms with E-state index in [1.807, 2.05) is 6.07 Å². The topological polar surface area (TPSA) is 33.6 Å². The van der Waals surface area contributed by atoms with Gasteiger partial charge in [-0.05, 0) is 257 Å². The molecular formula is C74H65N3. The van der Waals surface area contributed by atoms with Crippen molar-refractivity contribution < 1.29 is 0 Å². The number of benzene rings is 10. The standard InChI is InChI=1S/C74H65N3/c1-41-14-20-59(70(34-41)77-68-24-18-57(73-50(10)30-44(4)31-51(73)11)38-63(68)64-39-58(19-25-69(64)77)74-52(12)32-45(5)33-53(74)13)60-35-54(40-75)15-21-65(60)76-66-22-16-55(71-46(6)26-42(2)27-47(71)7)36-61(66)62-37-56(17-23-67(62)76)72-48(8)28-43(3)29-49(72)9/h14-39H,1-13H3. The predicted octanol–water partition coefficient (Wildman–Crippen LogP) is 20.1. The molecule has 12 rings (SSSR count). The molecule has 0 N–H and O–H groups in total. The van der Waals surface area contributed by atoms with Crippen LogP contribution in [-0.4, -0.2) is 9.13 Å². The van der Waals surface area contributed by atoms with E-state index in [9.17, 15) is 5.26 Å². The molecule has 0 spiro atoms. The van der Waals surface area contributed by atoms with Crippen LogP contribution in [0.3, 0.4) is 0 Å². The van der Waals surface area contributed by atoms with E-state index < -0.39 is 0 Å². The lowest BCUT2D eigenvalue weighted by Crippen LogP contribution is -2.02. The van der Waals surface area contributed by atoms with Crippen LogP contribution in [0.4, 0.5) is 0 Å². The Hall–Kier alpha value is -8.71. The van der Waals surface area contributed by atoms with E-state index in [1.165, 1.54) is 133 Å². The van der Waals surface area contributed by atoms with E-state index >= 15 is 0 Å². The normalized spacial score (nSPS) is 11.7. The summed E-state index contributed by atoms with van der Waals surface area (Å²) in [5, 5.41) is 15.5. The van der Waals surface area contributed by atoms with Crippen LogP contribution in [0.15, 0.2) is 158 Å². The first kappa shape index (κ1) is 49.2. The van der Waals surface area contributed by atoms with E-state index in [0.29, 0.717) is 5.56 Å². The van der Waals surface area contributed by atoms with Crippen LogP contribution in [0, 0.1) is 101 Å². The summed E-state index contributed by atoms with van der Waals surface area (Å²) in [5.74, 6) is 0. The van der Waals surface area contributed by atoms with Crippen LogP contribution in [0.2, 0.25) is 0 Å². The molecule has 0 bridgehead atoms. The van der Waals surface area contributed by atoms with Gasteiger partial charge in [0.25, 0.3) is 0 Å². The Balaban J connectivity index is 1.15. The highest BCUT2D eigenvalue weighted by molar-refractivity contribution is 6.14. The molecule has 0 radical (unpaired) electrons. The van der Waals surface area contributed by atoms with Crippen molar-refractivity contribution in [2.75, 3.05) is 0 Å². The van der Waals surface area contributed by atoms with Gasteiger partial charge in [-0.3, -0.25) is 0 Å². The Bertz CT molecular complexity index is 4220. The Morgan fingerprint density at radius 3 is 0.896 bits per heavy atom. The lowest BCUT2D eigenvalue weighted by Gasteiger charge is -2.20. The molecule has 77 heavy (non-hydrogen) atoms. The second-order valence-electron chi connectivity index (χ2n) is 22.6. The van der Waals surface area contributed by atoms with Crippen LogP contribution < -0.4 is 0 Å². The number of hydrogen-bond donors (Lipinski definition) is 0. The number of hydrogen-bond acceptors (Lipinski definition) is 1. The Kier molecular flexibility index (Phi) is 11.8. The van der Waals surface area contributed by atoms with Gasteiger partial charge in [-0.15, -0.1) is 0 Å². The molecule has 3 nitrogen and oxygen atoms in total. The summed E-state index contributed by atoms with van der Waals surface area (Å²) < 4.78 is 4.93. The molecule has 0 saturated heterocycles. The second kappa shape index (κ2) is 18.5. The van der Waals surface area contributed by atoms with Crippen molar-refractivity contribution in [2.24, 2.45) is 0 Å². The molecule has 12 aromatic rings. The molecule has 376 valence electrons. The minimum atomic E-state index is 0.612. The molecule has 3 heteroatoms. The van der Waals surface area contributed by atoms with Crippen molar-refractivity contribution in [3.8, 4) is 73.1 Å². The maximum Gasteiger partial charge on any atom is 0.0991 e. The Morgan fingerprint density at radius 2 is 0.584 bits per heavy atom. The molecule has 2 heterocycles. The fourth-order valence-electron chi connectivity index (χ4n) is 13.8. The number of aromatic nitrogens is 2. The van der Waals surface area contributed by atoms with Crippen LogP contribution in [0.1, 0.15) is 77.9 Å². The van der Waals surface area contributed by atoms with Gasteiger partial charge in [0.2, 0.25) is 0 Å². The largest absolute Gasteiger partial charge is 0.309 e. The van der Waals surface area contributed by atoms with Crippen molar-refractivity contribution in [2.45, 2.75) is 90.0 Å². The first-order valence-electron chi connectivity index (χ1n) is 27.1. The maximum atomic E-state index is 10.7. The minimum absolute atomic E-state index is 0.612. The van der Waals surface area contributed by atoms with Crippen LogP contribution in [0.25, 0.3) is 111 Å². The molecule has 0 aliphatic carbocycles. The average Bonchev–Trinajstić information content (AvgIpc) is 3.96. The van der Waals surface area contributed by atoms with E-state index in [4.69, 9.17) is 0 Å². The van der Waals surface area contributed by atoms with E-state index in [1.54, 1.807) is 0 Å². The average molecular weight is 996 g/mol. The van der Waals surface area contributed by atoms with Gasteiger partial charge >= 0.3 is 0 Å². The number of rotatable bonds is 7. The Morgan fingerprint density at radius 1 is 0.273 bits per heavy atom. The molecule has 0 amide bonds. The summed E-state index contributed by atoms with van der Waals surface area (Å²) in [4.78, 5) is 0. The first-order chi connectivity index (χ1) is 37.0. The lowest BCUT2D eigenvalue weighted by molar-refractivity contribution is 1.15. The Labute approximate surface area is 454 Å². The van der Waals surface area contributed by atoms with Crippen molar-refractivity contribution in [1.82, 2.24) is 9.13 Å². The van der Waals surface area contributed by atoms with Crippen LogP contribution >= 0.6 is 0 Å². The van der Waals surface area contributed by atoms with Gasteiger partial charge in [0.15, 0.2) is 0 Å². The summed E-state index contributed by atoms with van der Waals surface area (Å²) in [6, 6.07) is 62.3. The third kappa shape index (κ3) is 8.18. The van der Waals surface area contributed by atoms with E-state index in [2.05, 4.69) is 257 Å². The monoisotopic (exact) mass is 996 g/mol. The molecule has 0 unspecified atom stereocenters. The number of nitrogens with zero attached hydrogens (tertiary/aromatic N) is 3. The fourth-order valence-corrected chi connectivity index (χ4v) is 13.8. The van der Waals surface area contributed by atoms with Gasteiger partial charge in [-0.1, -0.05) is 107 Å². The van der Waals surface area contributed by atoms with Crippen molar-refractivity contribution >= 4 is 43.6 Å². The third-order valence-electron chi connectivity index (χ3n) is 16.4. The summed E-state index contributed by atoms with van der Waals surface area (Å²) in [6.45, 7) is 28.8. The van der Waals surface area contributed by atoms with Crippen LogP contribution in [-0.2, 0) is 0 Å². The van der Waals surface area contributed by atoms with Gasteiger partial charge in [0.1, 0.15) is 0 Å². The van der Waals surface area contributed by atoms with E-state index in [-0.39, 0.29) is 0 Å². The number of aryl methyl sites for hydroxylation is 13. The third-order valence-corrected chi connectivity index (χ3v) is 16.4. The van der Waals surface area contributed by atoms with E-state index in [0.717, 1.165) is 50.1 Å². The van der Waals surface area contributed by atoms with Gasteiger partial charge in [-0.25, -0.2) is 0 Å². The number of fused-ring (bicyclic) bond motifs is 6. The maximum absolute atomic E-state index is 10.7. The predicted molar refractivity (Wildman–Crippen MR) is 329 cm³/mol. The molecule has 10 aromatic carbocycles. The smallest absolute Gasteiger partial charge is 0.0991 e. The SMILES string of the molecule is Cc1cc(C)c(-c2ccc3c(c2)c2cc(-c4c(C)cc(C)cc4C)ccc2n3-c2ccc(C#N)cc2-c2ccc(C)cc2-n2c3ccc(-c4c(C)cc(C)cc4C)cc3c3cc(-c4c(C)cc(C)cc4C)ccc32)c(C)c1. The molecule has 0 aliphatic rings. The van der Waals surface area contributed by atoms with Gasteiger partial charge in [-0.2, -0.15) is 5.26 Å². The van der Waals surface area contributed by atoms with Gasteiger partial charge in [0, 0.05) is 32.7 Å². The summed E-state index contributed by atoms with van der Waals surface area (Å²) in [5.41, 5.74) is 35.6. The number of nitriles is 1. The van der Waals surface area contributed by atoms with Crippen molar-refractivity contribution in [3.05, 3.63) is 236 Å². The summed E-state index contributed by atoms with van der Waals surface area (Å²) in [7, 11) is 0. The van der Waals surface area contributed by atoms with Crippen molar-refractivity contribution in [1.29, 1.82) is 5.26 Å². The molecule has 2 aromatic heterocycles. The van der Waals surface area contributed by atoms with Gasteiger partial charge in [0.05, 0.1) is 45.1 Å². The highest BCUT2D eigenvalue weighted by Gasteiger charge is 2.24. The quantitative estimate of drug-likeness (QED) is 0.157. The summed E-state index contributed by atoms with van der Waals surface area (Å²) in [6.07, 6.45) is 0. The first-order valence-corrected chi connectivity index (χ1v) is 27.1. The lowest BCUT2D eigenvalue weighted by atomic mass is 9.91. The molecule has 0 atom stereocenters. The molecular weight excluding hydrogens is 931 g/mol. The molecule has 0 aliphatic heterocycles. The molecule has 0 saturated carbocycles. The highest BCUT2D eigenvalue weighted by Crippen LogP contribution is 2.46. The zero-order valence-electron chi connectivity index (χ0n) is 46.9. The van der Waals surface area contributed by atoms with Crippen LogP contribution in [0.5, 0.6) is 0 Å². The fraction of sp³-hybridized carbons (Fsp3) is 0.176. The zero-order chi connectivity index (χ0) is 53.9. The summed E-state index contributed by atoms with van der Waals surface area (Å²) >= 11 is 0. The molecule has 0 fully saturated rings. The van der Waals surface area contributed by atoms with Crippen molar-refractivity contribution in [3.63, 3.8) is 0 Å². The minimum Gasteiger partial charge on any atom is -0.309 e.